The number of carbonyl (C=O) groups excluding carboxylic acids is 2. The molecule has 0 radical (unpaired) electrons. The fraction of sp³-hybridized carbons (Fsp3) is 0.120. The lowest BCUT2D eigenvalue weighted by atomic mass is 9.95. The number of anilines is 1. The second kappa shape index (κ2) is 9.69. The van der Waals surface area contributed by atoms with Gasteiger partial charge in [-0.2, -0.15) is 0 Å². The highest BCUT2D eigenvalue weighted by Crippen LogP contribution is 2.44. The number of aromatic nitrogens is 2. The van der Waals surface area contributed by atoms with Crippen molar-refractivity contribution in [2.75, 3.05) is 4.90 Å². The summed E-state index contributed by atoms with van der Waals surface area (Å²) in [5, 5.41) is 20.2. The number of Topliss-reactive ketones (excluding diaryl/α,β-unsaturated/α-hetero) is 1. The van der Waals surface area contributed by atoms with Gasteiger partial charge in [0.05, 0.1) is 11.6 Å². The van der Waals surface area contributed by atoms with E-state index in [0.717, 1.165) is 5.56 Å². The van der Waals surface area contributed by atoms with Crippen LogP contribution in [0.3, 0.4) is 0 Å². The van der Waals surface area contributed by atoms with Crippen molar-refractivity contribution >= 4 is 51.5 Å². The first-order valence-corrected chi connectivity index (χ1v) is 12.7. The van der Waals surface area contributed by atoms with Crippen LogP contribution in [0.1, 0.15) is 33.5 Å². The summed E-state index contributed by atoms with van der Waals surface area (Å²) >= 11 is 8.89. The third-order valence-electron chi connectivity index (χ3n) is 5.44. The predicted molar refractivity (Wildman–Crippen MR) is 135 cm³/mol. The number of halogens is 1. The first kappa shape index (κ1) is 23.3. The number of benzene rings is 2. The van der Waals surface area contributed by atoms with Gasteiger partial charge in [0.25, 0.3) is 5.91 Å². The number of rotatable bonds is 7. The van der Waals surface area contributed by atoms with Crippen LogP contribution in [0.25, 0.3) is 0 Å². The minimum absolute atomic E-state index is 0.0490. The fourth-order valence-corrected chi connectivity index (χ4v) is 5.94. The Morgan fingerprint density at radius 2 is 1.86 bits per heavy atom. The zero-order valence-corrected chi connectivity index (χ0v) is 20.7. The number of amides is 1. The van der Waals surface area contributed by atoms with E-state index in [1.807, 2.05) is 30.3 Å². The van der Waals surface area contributed by atoms with Crippen molar-refractivity contribution in [2.45, 2.75) is 23.1 Å². The molecule has 1 aliphatic heterocycles. The van der Waals surface area contributed by atoms with Crippen molar-refractivity contribution in [3.05, 3.63) is 106 Å². The van der Waals surface area contributed by atoms with Gasteiger partial charge < -0.3 is 9.52 Å². The average Bonchev–Trinajstić information content (AvgIpc) is 3.57. The van der Waals surface area contributed by atoms with Crippen LogP contribution >= 0.6 is 34.7 Å². The van der Waals surface area contributed by atoms with Gasteiger partial charge in [0.2, 0.25) is 10.9 Å². The summed E-state index contributed by atoms with van der Waals surface area (Å²) in [5.74, 6) is -0.723. The van der Waals surface area contributed by atoms with E-state index < -0.39 is 23.5 Å². The molecule has 2 aromatic carbocycles. The summed E-state index contributed by atoms with van der Waals surface area (Å²) in [4.78, 5) is 27.9. The van der Waals surface area contributed by atoms with E-state index >= 15 is 0 Å². The normalized spacial score (nSPS) is 15.8. The van der Waals surface area contributed by atoms with Gasteiger partial charge in [0.1, 0.15) is 5.76 Å². The van der Waals surface area contributed by atoms with E-state index in [4.69, 9.17) is 16.0 Å². The van der Waals surface area contributed by atoms with Crippen LogP contribution in [0.2, 0.25) is 5.02 Å². The number of hydrogen-bond acceptors (Lipinski definition) is 8. The molecular weight excluding hydrogens is 506 g/mol. The minimum atomic E-state index is -0.879. The Hall–Kier alpha value is -3.40. The molecule has 1 unspecified atom stereocenters. The van der Waals surface area contributed by atoms with Crippen molar-refractivity contribution in [2.24, 2.45) is 0 Å². The second-order valence-electron chi connectivity index (χ2n) is 7.72. The molecule has 4 aromatic rings. The zero-order chi connectivity index (χ0) is 24.5. The molecule has 1 N–H and O–H groups in total. The Kier molecular flexibility index (Phi) is 6.46. The maximum Gasteiger partial charge on any atom is 0.296 e. The van der Waals surface area contributed by atoms with Crippen LogP contribution in [0.4, 0.5) is 5.13 Å². The molecule has 2 aromatic heterocycles. The lowest BCUT2D eigenvalue weighted by molar-refractivity contribution is -0.117. The van der Waals surface area contributed by atoms with Crippen LogP contribution in [-0.4, -0.2) is 27.0 Å². The fourth-order valence-electron chi connectivity index (χ4n) is 3.79. The maximum absolute atomic E-state index is 13.3. The first-order valence-electron chi connectivity index (χ1n) is 10.6. The van der Waals surface area contributed by atoms with Crippen LogP contribution in [-0.2, 0) is 10.5 Å². The molecule has 5 rings (SSSR count). The van der Waals surface area contributed by atoms with Gasteiger partial charge in [-0.25, -0.2) is 0 Å². The molecule has 10 heteroatoms. The third-order valence-corrected chi connectivity index (χ3v) is 7.92. The van der Waals surface area contributed by atoms with Crippen LogP contribution in [0, 0.1) is 6.92 Å². The number of hydrogen-bond donors (Lipinski definition) is 1. The molecular formula is C25H18ClN3O4S2. The summed E-state index contributed by atoms with van der Waals surface area (Å²) in [5.41, 5.74) is 1.55. The van der Waals surface area contributed by atoms with E-state index in [2.05, 4.69) is 10.2 Å². The molecule has 0 saturated carbocycles. The van der Waals surface area contributed by atoms with Crippen LogP contribution in [0.5, 0.6) is 0 Å². The first-order chi connectivity index (χ1) is 16.9. The second-order valence-corrected chi connectivity index (χ2v) is 10.3. The summed E-state index contributed by atoms with van der Waals surface area (Å²) in [7, 11) is 0. The summed E-state index contributed by atoms with van der Waals surface area (Å²) < 4.78 is 6.12. The van der Waals surface area contributed by atoms with Crippen molar-refractivity contribution in [1.29, 1.82) is 0 Å². The number of aliphatic hydroxyl groups excluding tert-OH is 1. The van der Waals surface area contributed by atoms with Gasteiger partial charge in [-0.05, 0) is 36.2 Å². The number of ketones is 1. The van der Waals surface area contributed by atoms with E-state index in [1.54, 1.807) is 37.3 Å². The predicted octanol–water partition coefficient (Wildman–Crippen LogP) is 6.17. The molecule has 1 aliphatic rings. The van der Waals surface area contributed by atoms with Gasteiger partial charge in [-0.3, -0.25) is 14.5 Å². The lowest BCUT2D eigenvalue weighted by Gasteiger charge is -2.23. The molecule has 35 heavy (non-hydrogen) atoms. The summed E-state index contributed by atoms with van der Waals surface area (Å²) in [6.45, 7) is 1.72. The number of aryl methyl sites for hydroxylation is 1. The van der Waals surface area contributed by atoms with E-state index in [-0.39, 0.29) is 16.5 Å². The highest BCUT2D eigenvalue weighted by molar-refractivity contribution is 8.00. The molecule has 7 nitrogen and oxygen atoms in total. The molecule has 0 spiro atoms. The summed E-state index contributed by atoms with van der Waals surface area (Å²) in [6, 6.07) is 18.9. The van der Waals surface area contributed by atoms with Gasteiger partial charge in [0.15, 0.2) is 15.9 Å². The van der Waals surface area contributed by atoms with Crippen molar-refractivity contribution in [1.82, 2.24) is 10.2 Å². The number of carbonyl (C=O) groups is 2. The number of aliphatic hydroxyl groups is 1. The van der Waals surface area contributed by atoms with Crippen LogP contribution < -0.4 is 4.90 Å². The largest absolute Gasteiger partial charge is 0.503 e. The average molecular weight is 524 g/mol. The van der Waals surface area contributed by atoms with Gasteiger partial charge in [-0.15, -0.1) is 10.2 Å². The SMILES string of the molecule is Cc1ccc(C(=O)C2=C(O)C(=O)N(c3nnc(SCc4ccccc4Cl)s3)C2c2ccccc2)o1. The smallest absolute Gasteiger partial charge is 0.296 e. The monoisotopic (exact) mass is 523 g/mol. The maximum atomic E-state index is 13.3. The Bertz CT molecular complexity index is 1450. The molecule has 1 atom stereocenters. The van der Waals surface area contributed by atoms with Gasteiger partial charge in [0, 0.05) is 10.8 Å². The van der Waals surface area contributed by atoms with E-state index in [0.29, 0.717) is 26.4 Å². The Balaban J connectivity index is 1.48. The highest BCUT2D eigenvalue weighted by atomic mass is 35.5. The Morgan fingerprint density at radius 3 is 2.57 bits per heavy atom. The van der Waals surface area contributed by atoms with E-state index in [1.165, 1.54) is 34.1 Å². The van der Waals surface area contributed by atoms with Crippen molar-refractivity contribution in [3.8, 4) is 0 Å². The zero-order valence-electron chi connectivity index (χ0n) is 18.3. The number of furan rings is 1. The topological polar surface area (TPSA) is 96.5 Å². The van der Waals surface area contributed by atoms with Crippen molar-refractivity contribution in [3.63, 3.8) is 0 Å². The molecule has 3 heterocycles. The number of nitrogens with zero attached hydrogens (tertiary/aromatic N) is 3. The quantitative estimate of drug-likeness (QED) is 0.176. The van der Waals surface area contributed by atoms with Gasteiger partial charge >= 0.3 is 0 Å². The third kappa shape index (κ3) is 4.50. The van der Waals surface area contributed by atoms with Crippen molar-refractivity contribution < 1.29 is 19.1 Å². The van der Waals surface area contributed by atoms with E-state index in [9.17, 15) is 14.7 Å². The molecule has 1 amide bonds. The lowest BCUT2D eigenvalue weighted by Crippen LogP contribution is -2.31. The molecule has 0 saturated heterocycles. The Labute approximate surface area is 214 Å². The Morgan fingerprint density at radius 1 is 1.11 bits per heavy atom. The summed E-state index contributed by atoms with van der Waals surface area (Å²) in [6.07, 6.45) is 0. The number of thioether (sulfide) groups is 1. The van der Waals surface area contributed by atoms with Gasteiger partial charge in [-0.1, -0.05) is 83.2 Å². The molecule has 176 valence electrons. The standard InChI is InChI=1S/C25H18ClN3O4S2/c1-14-11-12-18(33-14)21(30)19-20(15-7-3-2-4-8-15)29(23(32)22(19)31)24-27-28-25(35-24)34-13-16-9-5-6-10-17(16)26/h2-12,20,31H,13H2,1H3. The van der Waals surface area contributed by atoms with Crippen LogP contribution in [0.15, 0.2) is 86.8 Å². The minimum Gasteiger partial charge on any atom is -0.503 e. The molecule has 0 aliphatic carbocycles. The molecule has 0 fully saturated rings. The highest BCUT2D eigenvalue weighted by Gasteiger charge is 2.46. The molecule has 0 bridgehead atoms.